The molecular formula is C16H12Cl2N2. The number of aryl methyl sites for hydroxylation is 1. The van der Waals surface area contributed by atoms with Crippen molar-refractivity contribution in [2.75, 3.05) is 0 Å². The van der Waals surface area contributed by atoms with Gasteiger partial charge in [-0.2, -0.15) is 0 Å². The fraction of sp³-hybridized carbons (Fsp3) is 0.0625. The van der Waals surface area contributed by atoms with Crippen LogP contribution in [0.5, 0.6) is 0 Å². The first-order valence-corrected chi connectivity index (χ1v) is 6.97. The lowest BCUT2D eigenvalue weighted by molar-refractivity contribution is 1.26. The number of H-pyrrole nitrogens is 1. The molecule has 100 valence electrons. The Balaban J connectivity index is 2.09. The van der Waals surface area contributed by atoms with Crippen molar-refractivity contribution in [3.05, 3.63) is 64.3 Å². The zero-order valence-electron chi connectivity index (χ0n) is 10.8. The molecule has 4 heteroatoms. The summed E-state index contributed by atoms with van der Waals surface area (Å²) < 4.78 is 0. The number of imidazole rings is 1. The molecule has 1 heterocycles. The van der Waals surface area contributed by atoms with Gasteiger partial charge in [0.15, 0.2) is 0 Å². The number of nitrogens with one attached hydrogen (secondary N) is 1. The smallest absolute Gasteiger partial charge is 0.138 e. The fourth-order valence-corrected chi connectivity index (χ4v) is 2.69. The number of benzene rings is 2. The largest absolute Gasteiger partial charge is 0.342 e. The Kier molecular flexibility index (Phi) is 3.51. The lowest BCUT2D eigenvalue weighted by atomic mass is 10.1. The van der Waals surface area contributed by atoms with Crippen LogP contribution in [0.3, 0.4) is 0 Å². The van der Waals surface area contributed by atoms with Crippen molar-refractivity contribution < 1.29 is 0 Å². The summed E-state index contributed by atoms with van der Waals surface area (Å²) in [6.07, 6.45) is 0. The highest BCUT2D eigenvalue weighted by atomic mass is 35.5. The van der Waals surface area contributed by atoms with E-state index in [1.54, 1.807) is 6.07 Å². The highest BCUT2D eigenvalue weighted by molar-refractivity contribution is 6.35. The molecule has 0 radical (unpaired) electrons. The number of halogens is 2. The second-order valence-corrected chi connectivity index (χ2v) is 5.46. The summed E-state index contributed by atoms with van der Waals surface area (Å²) in [6, 6.07) is 15.5. The van der Waals surface area contributed by atoms with E-state index in [9.17, 15) is 0 Å². The summed E-state index contributed by atoms with van der Waals surface area (Å²) in [5.74, 6) is 0.842. The lowest BCUT2D eigenvalue weighted by Crippen LogP contribution is -1.82. The average Bonchev–Trinajstić information content (AvgIpc) is 2.81. The molecule has 0 amide bonds. The number of rotatable bonds is 2. The van der Waals surface area contributed by atoms with E-state index in [4.69, 9.17) is 23.2 Å². The molecule has 0 saturated carbocycles. The molecule has 0 unspecified atom stereocenters. The van der Waals surface area contributed by atoms with Crippen molar-refractivity contribution in [2.45, 2.75) is 6.92 Å². The third-order valence-electron chi connectivity index (χ3n) is 3.07. The molecule has 20 heavy (non-hydrogen) atoms. The Morgan fingerprint density at radius 1 is 0.900 bits per heavy atom. The molecule has 1 N–H and O–H groups in total. The van der Waals surface area contributed by atoms with Gasteiger partial charge in [0.2, 0.25) is 0 Å². The predicted molar refractivity (Wildman–Crippen MR) is 84.2 cm³/mol. The standard InChI is InChI=1S/C16H12Cl2N2/c1-10-15(12-7-13(17)9-14(18)8-12)20-16(19-10)11-5-3-2-4-6-11/h2-9H,1H3,(H,19,20). The summed E-state index contributed by atoms with van der Waals surface area (Å²) in [6.45, 7) is 1.99. The Hall–Kier alpha value is -1.77. The Labute approximate surface area is 127 Å². The van der Waals surface area contributed by atoms with Gasteiger partial charge in [0, 0.05) is 26.9 Å². The van der Waals surface area contributed by atoms with E-state index in [2.05, 4.69) is 9.97 Å². The Morgan fingerprint density at radius 3 is 2.20 bits per heavy atom. The van der Waals surface area contributed by atoms with Gasteiger partial charge in [0.05, 0.1) is 5.69 Å². The van der Waals surface area contributed by atoms with E-state index in [0.29, 0.717) is 10.0 Å². The molecule has 0 aliphatic carbocycles. The molecule has 0 atom stereocenters. The van der Waals surface area contributed by atoms with E-state index in [1.807, 2.05) is 49.4 Å². The number of nitrogens with zero attached hydrogens (tertiary/aromatic N) is 1. The van der Waals surface area contributed by atoms with Crippen LogP contribution in [0, 0.1) is 6.92 Å². The van der Waals surface area contributed by atoms with E-state index in [1.165, 1.54) is 0 Å². The monoisotopic (exact) mass is 302 g/mol. The van der Waals surface area contributed by atoms with Gasteiger partial charge in [-0.25, -0.2) is 4.98 Å². The van der Waals surface area contributed by atoms with Crippen LogP contribution in [0.25, 0.3) is 22.6 Å². The second kappa shape index (κ2) is 5.31. The maximum absolute atomic E-state index is 6.05. The fourth-order valence-electron chi connectivity index (χ4n) is 2.16. The van der Waals surface area contributed by atoms with Crippen molar-refractivity contribution in [1.82, 2.24) is 9.97 Å². The van der Waals surface area contributed by atoms with E-state index in [0.717, 1.165) is 28.3 Å². The summed E-state index contributed by atoms with van der Waals surface area (Å²) in [7, 11) is 0. The predicted octanol–water partition coefficient (Wildman–Crippen LogP) is 5.36. The van der Waals surface area contributed by atoms with E-state index in [-0.39, 0.29) is 0 Å². The minimum atomic E-state index is 0.608. The van der Waals surface area contributed by atoms with Gasteiger partial charge in [-0.3, -0.25) is 0 Å². The maximum Gasteiger partial charge on any atom is 0.138 e. The third kappa shape index (κ3) is 2.58. The quantitative estimate of drug-likeness (QED) is 0.678. The lowest BCUT2D eigenvalue weighted by Gasteiger charge is -2.01. The number of hydrogen-bond acceptors (Lipinski definition) is 1. The van der Waals surface area contributed by atoms with Crippen LogP contribution in [0.1, 0.15) is 5.69 Å². The molecule has 0 fully saturated rings. The van der Waals surface area contributed by atoms with Crippen molar-refractivity contribution in [2.24, 2.45) is 0 Å². The van der Waals surface area contributed by atoms with Gasteiger partial charge >= 0.3 is 0 Å². The number of hydrogen-bond donors (Lipinski definition) is 1. The molecule has 0 aliphatic rings. The van der Waals surface area contributed by atoms with Crippen LogP contribution >= 0.6 is 23.2 Å². The molecule has 1 aromatic heterocycles. The summed E-state index contributed by atoms with van der Waals surface area (Å²) >= 11 is 12.1. The van der Waals surface area contributed by atoms with Gasteiger partial charge in [-0.15, -0.1) is 0 Å². The molecule has 0 bridgehead atoms. The van der Waals surface area contributed by atoms with Gasteiger partial charge in [0.25, 0.3) is 0 Å². The Morgan fingerprint density at radius 2 is 1.55 bits per heavy atom. The van der Waals surface area contributed by atoms with Gasteiger partial charge in [0.1, 0.15) is 5.82 Å². The van der Waals surface area contributed by atoms with E-state index < -0.39 is 0 Å². The minimum Gasteiger partial charge on any atom is -0.342 e. The summed E-state index contributed by atoms with van der Waals surface area (Å²) in [5.41, 5.74) is 3.82. The van der Waals surface area contributed by atoms with Crippen LogP contribution in [0.15, 0.2) is 48.5 Å². The van der Waals surface area contributed by atoms with Gasteiger partial charge < -0.3 is 4.98 Å². The molecule has 3 rings (SSSR count). The van der Waals surface area contributed by atoms with E-state index >= 15 is 0 Å². The number of aromatic amines is 1. The molecule has 3 aromatic rings. The van der Waals surface area contributed by atoms with Crippen molar-refractivity contribution >= 4 is 23.2 Å². The van der Waals surface area contributed by atoms with Crippen LogP contribution in [0.2, 0.25) is 10.0 Å². The maximum atomic E-state index is 6.05. The van der Waals surface area contributed by atoms with Crippen molar-refractivity contribution in [3.63, 3.8) is 0 Å². The van der Waals surface area contributed by atoms with Crippen LogP contribution in [-0.4, -0.2) is 9.97 Å². The summed E-state index contributed by atoms with van der Waals surface area (Å²) in [4.78, 5) is 7.96. The zero-order chi connectivity index (χ0) is 14.1. The van der Waals surface area contributed by atoms with Crippen LogP contribution in [-0.2, 0) is 0 Å². The molecule has 0 spiro atoms. The molecule has 2 aromatic carbocycles. The topological polar surface area (TPSA) is 28.7 Å². The van der Waals surface area contributed by atoms with Crippen molar-refractivity contribution in [1.29, 1.82) is 0 Å². The minimum absolute atomic E-state index is 0.608. The van der Waals surface area contributed by atoms with Gasteiger partial charge in [-0.05, 0) is 25.1 Å². The highest BCUT2D eigenvalue weighted by Crippen LogP contribution is 2.30. The average molecular weight is 303 g/mol. The molecule has 0 saturated heterocycles. The molecule has 2 nitrogen and oxygen atoms in total. The molecule has 0 aliphatic heterocycles. The second-order valence-electron chi connectivity index (χ2n) is 4.58. The zero-order valence-corrected chi connectivity index (χ0v) is 12.3. The number of aromatic nitrogens is 2. The summed E-state index contributed by atoms with van der Waals surface area (Å²) in [5, 5.41) is 1.22. The Bertz CT molecular complexity index is 728. The first-order valence-electron chi connectivity index (χ1n) is 6.22. The van der Waals surface area contributed by atoms with Crippen LogP contribution < -0.4 is 0 Å². The molecular weight excluding hydrogens is 291 g/mol. The first-order chi connectivity index (χ1) is 9.63. The highest BCUT2D eigenvalue weighted by Gasteiger charge is 2.11. The SMILES string of the molecule is Cc1[nH]c(-c2ccccc2)nc1-c1cc(Cl)cc(Cl)c1. The van der Waals surface area contributed by atoms with Gasteiger partial charge in [-0.1, -0.05) is 53.5 Å². The first kappa shape index (κ1) is 13.2. The van der Waals surface area contributed by atoms with Crippen LogP contribution in [0.4, 0.5) is 0 Å². The normalized spacial score (nSPS) is 10.8. The third-order valence-corrected chi connectivity index (χ3v) is 3.50. The van der Waals surface area contributed by atoms with Crippen molar-refractivity contribution in [3.8, 4) is 22.6 Å².